The summed E-state index contributed by atoms with van der Waals surface area (Å²) < 4.78 is 5.30. The highest BCUT2D eigenvalue weighted by molar-refractivity contribution is 6.29. The number of nitrogens with zero attached hydrogens (tertiary/aromatic N) is 3. The molecule has 2 aromatic heterocycles. The third-order valence-electron chi connectivity index (χ3n) is 3.02. The highest BCUT2D eigenvalue weighted by Crippen LogP contribution is 2.25. The van der Waals surface area contributed by atoms with Crippen LogP contribution in [0.4, 0.5) is 0 Å². The Balaban J connectivity index is 2.02. The Morgan fingerprint density at radius 3 is 2.70 bits per heavy atom. The number of aromatic nitrogens is 3. The average Bonchev–Trinajstić information content (AvgIpc) is 2.88. The van der Waals surface area contributed by atoms with Gasteiger partial charge in [0.15, 0.2) is 0 Å². The molecule has 100 valence electrons. The van der Waals surface area contributed by atoms with Gasteiger partial charge in [-0.05, 0) is 31.5 Å². The van der Waals surface area contributed by atoms with Gasteiger partial charge in [0.05, 0.1) is 0 Å². The highest BCUT2D eigenvalue weighted by Gasteiger charge is 2.12. The summed E-state index contributed by atoms with van der Waals surface area (Å²) in [5, 5.41) is 4.43. The summed E-state index contributed by atoms with van der Waals surface area (Å²) >= 11 is 5.86. The molecule has 0 saturated carbocycles. The molecule has 3 rings (SSSR count). The van der Waals surface area contributed by atoms with Crippen molar-refractivity contribution in [2.75, 3.05) is 0 Å². The maximum Gasteiger partial charge on any atom is 0.258 e. The van der Waals surface area contributed by atoms with Crippen molar-refractivity contribution >= 4 is 11.6 Å². The predicted octanol–water partition coefficient (Wildman–Crippen LogP) is 4.07. The molecule has 3 aromatic rings. The van der Waals surface area contributed by atoms with Gasteiger partial charge < -0.3 is 4.52 Å². The lowest BCUT2D eigenvalue weighted by atomic mass is 10.1. The van der Waals surface area contributed by atoms with E-state index in [0.29, 0.717) is 16.9 Å². The van der Waals surface area contributed by atoms with Crippen LogP contribution in [0.15, 0.2) is 41.1 Å². The fraction of sp³-hybridized carbons (Fsp3) is 0.133. The number of benzene rings is 1. The number of hydrogen-bond acceptors (Lipinski definition) is 4. The van der Waals surface area contributed by atoms with Gasteiger partial charge in [-0.2, -0.15) is 4.98 Å². The Kier molecular flexibility index (Phi) is 3.24. The van der Waals surface area contributed by atoms with Crippen LogP contribution in [0.5, 0.6) is 0 Å². The standard InChI is InChI=1S/C15H12ClN3O/c1-9-3-4-12(10(2)7-9)14-18-15(20-19-14)11-5-6-17-13(16)8-11/h3-8H,1-2H3. The van der Waals surface area contributed by atoms with Gasteiger partial charge in [-0.1, -0.05) is 40.5 Å². The molecular formula is C15H12ClN3O. The zero-order valence-corrected chi connectivity index (χ0v) is 11.8. The lowest BCUT2D eigenvalue weighted by Crippen LogP contribution is -1.87. The van der Waals surface area contributed by atoms with E-state index in [2.05, 4.69) is 28.1 Å². The molecule has 0 bridgehead atoms. The highest BCUT2D eigenvalue weighted by atomic mass is 35.5. The second kappa shape index (κ2) is 5.06. The van der Waals surface area contributed by atoms with Crippen molar-refractivity contribution in [1.82, 2.24) is 15.1 Å². The van der Waals surface area contributed by atoms with Gasteiger partial charge in [0.1, 0.15) is 5.15 Å². The molecule has 0 fully saturated rings. The number of rotatable bonds is 2. The summed E-state index contributed by atoms with van der Waals surface area (Å²) in [7, 11) is 0. The molecule has 5 heteroatoms. The van der Waals surface area contributed by atoms with Crippen LogP contribution in [0.3, 0.4) is 0 Å². The Morgan fingerprint density at radius 2 is 1.95 bits per heavy atom. The predicted molar refractivity (Wildman–Crippen MR) is 77.4 cm³/mol. The van der Waals surface area contributed by atoms with Crippen LogP contribution in [0.2, 0.25) is 5.15 Å². The molecule has 0 amide bonds. The molecule has 20 heavy (non-hydrogen) atoms. The molecule has 0 atom stereocenters. The van der Waals surface area contributed by atoms with E-state index in [1.54, 1.807) is 18.3 Å². The van der Waals surface area contributed by atoms with Crippen molar-refractivity contribution in [3.8, 4) is 22.8 Å². The average molecular weight is 286 g/mol. The van der Waals surface area contributed by atoms with Crippen LogP contribution in [-0.4, -0.2) is 15.1 Å². The van der Waals surface area contributed by atoms with E-state index in [1.807, 2.05) is 19.1 Å². The molecule has 0 aliphatic carbocycles. The van der Waals surface area contributed by atoms with Crippen LogP contribution in [0.1, 0.15) is 11.1 Å². The summed E-state index contributed by atoms with van der Waals surface area (Å²) in [6.07, 6.45) is 1.61. The summed E-state index contributed by atoms with van der Waals surface area (Å²) in [5.74, 6) is 1.01. The van der Waals surface area contributed by atoms with E-state index in [1.165, 1.54) is 5.56 Å². The maximum absolute atomic E-state index is 5.86. The monoisotopic (exact) mass is 285 g/mol. The first-order valence-electron chi connectivity index (χ1n) is 6.17. The maximum atomic E-state index is 5.86. The third-order valence-corrected chi connectivity index (χ3v) is 3.23. The summed E-state index contributed by atoms with van der Waals surface area (Å²) in [5.41, 5.74) is 4.04. The second-order valence-electron chi connectivity index (χ2n) is 4.61. The molecule has 1 aromatic carbocycles. The van der Waals surface area contributed by atoms with E-state index in [-0.39, 0.29) is 0 Å². The van der Waals surface area contributed by atoms with Crippen molar-refractivity contribution in [2.45, 2.75) is 13.8 Å². The first kappa shape index (κ1) is 12.8. The number of hydrogen-bond donors (Lipinski definition) is 0. The lowest BCUT2D eigenvalue weighted by Gasteiger charge is -2.01. The first-order valence-corrected chi connectivity index (χ1v) is 6.54. The second-order valence-corrected chi connectivity index (χ2v) is 5.00. The molecule has 0 N–H and O–H groups in total. The van der Waals surface area contributed by atoms with Crippen LogP contribution in [0.25, 0.3) is 22.8 Å². The van der Waals surface area contributed by atoms with Crippen molar-refractivity contribution in [1.29, 1.82) is 0 Å². The van der Waals surface area contributed by atoms with Gasteiger partial charge in [-0.25, -0.2) is 4.98 Å². The van der Waals surface area contributed by atoms with Gasteiger partial charge in [0.25, 0.3) is 5.89 Å². The normalized spacial score (nSPS) is 10.8. The van der Waals surface area contributed by atoms with Gasteiger partial charge in [-0.15, -0.1) is 0 Å². The zero-order valence-electron chi connectivity index (χ0n) is 11.1. The summed E-state index contributed by atoms with van der Waals surface area (Å²) in [4.78, 5) is 8.35. The largest absolute Gasteiger partial charge is 0.334 e. The van der Waals surface area contributed by atoms with Crippen molar-refractivity contribution in [2.24, 2.45) is 0 Å². The van der Waals surface area contributed by atoms with E-state index in [0.717, 1.165) is 16.7 Å². The fourth-order valence-electron chi connectivity index (χ4n) is 2.05. The lowest BCUT2D eigenvalue weighted by molar-refractivity contribution is 0.432. The van der Waals surface area contributed by atoms with Crippen molar-refractivity contribution in [3.63, 3.8) is 0 Å². The van der Waals surface area contributed by atoms with Crippen molar-refractivity contribution < 1.29 is 4.52 Å². The molecule has 0 unspecified atom stereocenters. The Morgan fingerprint density at radius 1 is 1.10 bits per heavy atom. The van der Waals surface area contributed by atoms with Gasteiger partial charge >= 0.3 is 0 Å². The molecule has 4 nitrogen and oxygen atoms in total. The quantitative estimate of drug-likeness (QED) is 0.666. The fourth-order valence-corrected chi connectivity index (χ4v) is 2.22. The minimum atomic E-state index is 0.397. The minimum Gasteiger partial charge on any atom is -0.334 e. The van der Waals surface area contributed by atoms with Crippen LogP contribution >= 0.6 is 11.6 Å². The summed E-state index contributed by atoms with van der Waals surface area (Å²) in [6.45, 7) is 4.08. The molecule has 0 spiro atoms. The van der Waals surface area contributed by atoms with Crippen LogP contribution < -0.4 is 0 Å². The molecule has 2 heterocycles. The van der Waals surface area contributed by atoms with Gasteiger partial charge in [-0.3, -0.25) is 0 Å². The minimum absolute atomic E-state index is 0.397. The molecule has 0 radical (unpaired) electrons. The molecule has 0 saturated heterocycles. The number of halogens is 1. The molecule has 0 aliphatic heterocycles. The molecular weight excluding hydrogens is 274 g/mol. The Bertz CT molecular complexity index is 767. The number of pyridine rings is 1. The van der Waals surface area contributed by atoms with E-state index < -0.39 is 0 Å². The van der Waals surface area contributed by atoms with E-state index in [4.69, 9.17) is 16.1 Å². The smallest absolute Gasteiger partial charge is 0.258 e. The van der Waals surface area contributed by atoms with Crippen LogP contribution in [0, 0.1) is 13.8 Å². The summed E-state index contributed by atoms with van der Waals surface area (Å²) in [6, 6.07) is 9.60. The Labute approximate surface area is 121 Å². The zero-order chi connectivity index (χ0) is 14.1. The SMILES string of the molecule is Cc1ccc(-c2noc(-c3ccnc(Cl)c3)n2)c(C)c1. The van der Waals surface area contributed by atoms with Crippen LogP contribution in [-0.2, 0) is 0 Å². The molecule has 0 aliphatic rings. The van der Waals surface area contributed by atoms with Crippen molar-refractivity contribution in [3.05, 3.63) is 52.8 Å². The first-order chi connectivity index (χ1) is 9.63. The number of aryl methyl sites for hydroxylation is 2. The van der Waals surface area contributed by atoms with E-state index in [9.17, 15) is 0 Å². The van der Waals surface area contributed by atoms with Gasteiger partial charge in [0, 0.05) is 17.3 Å². The van der Waals surface area contributed by atoms with Gasteiger partial charge in [0.2, 0.25) is 5.82 Å². The van der Waals surface area contributed by atoms with E-state index >= 15 is 0 Å². The Hall–Kier alpha value is -2.20. The third kappa shape index (κ3) is 2.42. The topological polar surface area (TPSA) is 51.8 Å².